The van der Waals surface area contributed by atoms with Crippen LogP contribution in [0.25, 0.3) is 6.08 Å². The van der Waals surface area contributed by atoms with Crippen molar-refractivity contribution in [2.45, 2.75) is 45.2 Å². The minimum absolute atomic E-state index is 0.0541. The molecule has 0 aromatic heterocycles. The Kier molecular flexibility index (Phi) is 4.72. The van der Waals surface area contributed by atoms with Gasteiger partial charge in [0.25, 0.3) is 0 Å². The lowest BCUT2D eigenvalue weighted by atomic mass is 9.99. The van der Waals surface area contributed by atoms with E-state index in [-0.39, 0.29) is 5.78 Å². The van der Waals surface area contributed by atoms with E-state index in [1.54, 1.807) is 6.08 Å². The average Bonchev–Trinajstić information content (AvgIpc) is 3.39. The standard InChI is InChI=1S/C25H25NO3/c1-17-24-19(15-26(16-28-24)20-11-5-6-12-20)14-21-23(27)22(29-25(17)21)13-7-10-18-8-3-2-4-9-18/h2-4,7-10,13-14,20H,5-6,11-12,15-16H2,1H3/b10-7+,22-13-. The van der Waals surface area contributed by atoms with Crippen molar-refractivity contribution in [2.75, 3.05) is 6.73 Å². The van der Waals surface area contributed by atoms with Crippen molar-refractivity contribution in [2.24, 2.45) is 0 Å². The smallest absolute Gasteiger partial charge is 0.231 e. The Balaban J connectivity index is 1.40. The summed E-state index contributed by atoms with van der Waals surface area (Å²) in [7, 11) is 0. The molecule has 1 fully saturated rings. The van der Waals surface area contributed by atoms with Crippen LogP contribution in [0.3, 0.4) is 0 Å². The Morgan fingerprint density at radius 2 is 1.90 bits per heavy atom. The van der Waals surface area contributed by atoms with Gasteiger partial charge in [-0.1, -0.05) is 55.3 Å². The van der Waals surface area contributed by atoms with Gasteiger partial charge in [-0.25, -0.2) is 0 Å². The fourth-order valence-electron chi connectivity index (χ4n) is 4.60. The second-order valence-corrected chi connectivity index (χ2v) is 8.06. The van der Waals surface area contributed by atoms with Crippen LogP contribution in [0, 0.1) is 6.92 Å². The van der Waals surface area contributed by atoms with Crippen molar-refractivity contribution in [1.82, 2.24) is 4.90 Å². The summed E-state index contributed by atoms with van der Waals surface area (Å²) in [5.74, 6) is 1.83. The van der Waals surface area contributed by atoms with E-state index in [0.29, 0.717) is 29.8 Å². The normalized spacial score (nSPS) is 20.7. The molecule has 0 radical (unpaired) electrons. The van der Waals surface area contributed by atoms with Crippen molar-refractivity contribution < 1.29 is 14.3 Å². The number of nitrogens with zero attached hydrogens (tertiary/aromatic N) is 1. The molecule has 1 saturated carbocycles. The maximum atomic E-state index is 12.9. The molecule has 0 N–H and O–H groups in total. The third kappa shape index (κ3) is 3.38. The lowest BCUT2D eigenvalue weighted by molar-refractivity contribution is 0.0570. The molecule has 3 aliphatic rings. The molecule has 0 amide bonds. The Bertz CT molecular complexity index is 1000. The molecule has 2 heterocycles. The molecular formula is C25H25NO3. The highest BCUT2D eigenvalue weighted by Gasteiger charge is 2.34. The largest absolute Gasteiger partial charge is 0.477 e. The number of ether oxygens (including phenoxy) is 2. The van der Waals surface area contributed by atoms with Crippen LogP contribution in [0.4, 0.5) is 0 Å². The van der Waals surface area contributed by atoms with Crippen molar-refractivity contribution in [3.05, 3.63) is 76.6 Å². The molecule has 4 heteroatoms. The van der Waals surface area contributed by atoms with Crippen LogP contribution in [-0.4, -0.2) is 23.5 Å². The topological polar surface area (TPSA) is 38.8 Å². The molecular weight excluding hydrogens is 362 g/mol. The first-order chi connectivity index (χ1) is 14.2. The van der Waals surface area contributed by atoms with Crippen LogP contribution in [-0.2, 0) is 6.54 Å². The zero-order valence-electron chi connectivity index (χ0n) is 16.7. The number of carbonyl (C=O) groups is 1. The van der Waals surface area contributed by atoms with Gasteiger partial charge in [-0.2, -0.15) is 0 Å². The van der Waals surface area contributed by atoms with Crippen LogP contribution in [0.15, 0.2) is 54.3 Å². The first-order valence-corrected chi connectivity index (χ1v) is 10.4. The molecule has 148 valence electrons. The monoisotopic (exact) mass is 387 g/mol. The van der Waals surface area contributed by atoms with Crippen LogP contribution >= 0.6 is 0 Å². The first kappa shape index (κ1) is 18.2. The fraction of sp³-hybridized carbons (Fsp3) is 0.320. The van der Waals surface area contributed by atoms with Crippen molar-refractivity contribution in [1.29, 1.82) is 0 Å². The number of benzene rings is 2. The minimum Gasteiger partial charge on any atom is -0.477 e. The molecule has 29 heavy (non-hydrogen) atoms. The maximum Gasteiger partial charge on any atom is 0.231 e. The summed E-state index contributed by atoms with van der Waals surface area (Å²) in [5.41, 5.74) is 3.75. The van der Waals surface area contributed by atoms with Gasteiger partial charge >= 0.3 is 0 Å². The van der Waals surface area contributed by atoms with E-state index in [9.17, 15) is 4.79 Å². The molecule has 0 unspecified atom stereocenters. The first-order valence-electron chi connectivity index (χ1n) is 10.4. The zero-order valence-corrected chi connectivity index (χ0v) is 16.7. The zero-order chi connectivity index (χ0) is 19.8. The molecule has 2 aromatic rings. The summed E-state index contributed by atoms with van der Waals surface area (Å²) < 4.78 is 12.1. The summed E-state index contributed by atoms with van der Waals surface area (Å²) in [6.45, 7) is 3.45. The third-order valence-corrected chi connectivity index (χ3v) is 6.14. The van der Waals surface area contributed by atoms with E-state index in [4.69, 9.17) is 9.47 Å². The quantitative estimate of drug-likeness (QED) is 0.673. The highest BCUT2D eigenvalue weighted by molar-refractivity contribution is 6.13. The van der Waals surface area contributed by atoms with Crippen LogP contribution in [0.2, 0.25) is 0 Å². The van der Waals surface area contributed by atoms with E-state index >= 15 is 0 Å². The highest BCUT2D eigenvalue weighted by Crippen LogP contribution is 2.43. The molecule has 0 bridgehead atoms. The number of ketones is 1. The summed E-state index contributed by atoms with van der Waals surface area (Å²) in [6, 6.07) is 12.6. The SMILES string of the molecule is Cc1c2c(cc3c1O/C(=C\C=C\c1ccccc1)C3=O)CN(C1CCCC1)CO2. The Labute approximate surface area is 171 Å². The van der Waals surface area contributed by atoms with Crippen LogP contribution in [0.1, 0.15) is 52.7 Å². The van der Waals surface area contributed by atoms with Gasteiger partial charge in [-0.05, 0) is 37.5 Å². The number of allylic oxidation sites excluding steroid dienone is 3. The van der Waals surface area contributed by atoms with Gasteiger partial charge in [0.05, 0.1) is 5.56 Å². The summed E-state index contributed by atoms with van der Waals surface area (Å²) in [4.78, 5) is 15.3. The van der Waals surface area contributed by atoms with Gasteiger partial charge in [-0.15, -0.1) is 0 Å². The van der Waals surface area contributed by atoms with Gasteiger partial charge in [0.15, 0.2) is 5.76 Å². The predicted molar refractivity (Wildman–Crippen MR) is 113 cm³/mol. The van der Waals surface area contributed by atoms with E-state index in [2.05, 4.69) is 4.90 Å². The molecule has 2 aliphatic heterocycles. The van der Waals surface area contributed by atoms with Crippen molar-refractivity contribution >= 4 is 11.9 Å². The Morgan fingerprint density at radius 1 is 1.10 bits per heavy atom. The Morgan fingerprint density at radius 3 is 2.69 bits per heavy atom. The molecule has 5 rings (SSSR count). The second kappa shape index (κ2) is 7.53. The summed E-state index contributed by atoms with van der Waals surface area (Å²) in [6.07, 6.45) is 10.7. The molecule has 2 aromatic carbocycles. The molecule has 0 atom stereocenters. The molecule has 0 saturated heterocycles. The summed E-state index contributed by atoms with van der Waals surface area (Å²) in [5, 5.41) is 0. The predicted octanol–water partition coefficient (Wildman–Crippen LogP) is 5.26. The van der Waals surface area contributed by atoms with Gasteiger partial charge in [0.1, 0.15) is 18.2 Å². The van der Waals surface area contributed by atoms with Crippen LogP contribution in [0.5, 0.6) is 11.5 Å². The van der Waals surface area contributed by atoms with E-state index in [0.717, 1.165) is 29.0 Å². The maximum absolute atomic E-state index is 12.9. The van der Waals surface area contributed by atoms with Gasteiger partial charge in [0, 0.05) is 23.7 Å². The van der Waals surface area contributed by atoms with E-state index < -0.39 is 0 Å². The van der Waals surface area contributed by atoms with Gasteiger partial charge in [-0.3, -0.25) is 9.69 Å². The van der Waals surface area contributed by atoms with Gasteiger partial charge in [0.2, 0.25) is 5.78 Å². The lowest BCUT2D eigenvalue weighted by Crippen LogP contribution is -2.39. The van der Waals surface area contributed by atoms with Gasteiger partial charge < -0.3 is 9.47 Å². The fourth-order valence-corrected chi connectivity index (χ4v) is 4.60. The van der Waals surface area contributed by atoms with E-state index in [1.807, 2.05) is 55.5 Å². The molecule has 1 aliphatic carbocycles. The van der Waals surface area contributed by atoms with Crippen molar-refractivity contribution in [3.63, 3.8) is 0 Å². The minimum atomic E-state index is -0.0541. The number of hydrogen-bond acceptors (Lipinski definition) is 4. The number of carbonyl (C=O) groups excluding carboxylic acids is 1. The number of rotatable bonds is 3. The number of Topliss-reactive ketones (excluding diaryl/α,β-unsaturated/α-hetero) is 1. The second-order valence-electron chi connectivity index (χ2n) is 8.06. The summed E-state index contributed by atoms with van der Waals surface area (Å²) >= 11 is 0. The Hall–Kier alpha value is -2.85. The average molecular weight is 387 g/mol. The molecule has 0 spiro atoms. The number of hydrogen-bond donors (Lipinski definition) is 0. The van der Waals surface area contributed by atoms with Crippen molar-refractivity contribution in [3.8, 4) is 11.5 Å². The molecule has 4 nitrogen and oxygen atoms in total. The lowest BCUT2D eigenvalue weighted by Gasteiger charge is -2.34. The van der Waals surface area contributed by atoms with Crippen LogP contribution < -0.4 is 9.47 Å². The highest BCUT2D eigenvalue weighted by atomic mass is 16.5. The number of fused-ring (bicyclic) bond motifs is 2. The third-order valence-electron chi connectivity index (χ3n) is 6.14. The van der Waals surface area contributed by atoms with E-state index in [1.165, 1.54) is 25.7 Å².